The summed E-state index contributed by atoms with van der Waals surface area (Å²) in [5.74, 6) is 1.61. The zero-order valence-electron chi connectivity index (χ0n) is 15.0. The highest BCUT2D eigenvalue weighted by molar-refractivity contribution is 5.79. The summed E-state index contributed by atoms with van der Waals surface area (Å²) in [5, 5.41) is 4.65. The summed E-state index contributed by atoms with van der Waals surface area (Å²) in [6.45, 7) is 2.53. The topological polar surface area (TPSA) is 69.4 Å². The summed E-state index contributed by atoms with van der Waals surface area (Å²) in [6.07, 6.45) is 7.37. The zero-order chi connectivity index (χ0) is 17.4. The van der Waals surface area contributed by atoms with Crippen molar-refractivity contribution in [3.8, 4) is 0 Å². The van der Waals surface area contributed by atoms with Gasteiger partial charge in [0.15, 0.2) is 0 Å². The molecule has 0 bridgehead atoms. The van der Waals surface area contributed by atoms with Crippen molar-refractivity contribution in [2.45, 2.75) is 63.5 Å². The van der Waals surface area contributed by atoms with Gasteiger partial charge in [0.25, 0.3) is 0 Å². The Balaban J connectivity index is 1.55. The molecule has 4 rings (SSSR count). The molecular formula is C18H28N4O3. The summed E-state index contributed by atoms with van der Waals surface area (Å²) < 4.78 is 8.55. The lowest BCUT2D eigenvalue weighted by atomic mass is 9.83. The van der Waals surface area contributed by atoms with E-state index in [2.05, 4.69) is 5.10 Å². The molecule has 3 aliphatic rings. The van der Waals surface area contributed by atoms with Crippen LogP contribution in [-0.4, -0.2) is 52.0 Å². The van der Waals surface area contributed by atoms with E-state index >= 15 is 0 Å². The fourth-order valence-electron chi connectivity index (χ4n) is 4.02. The number of amides is 1. The van der Waals surface area contributed by atoms with E-state index < -0.39 is 0 Å². The van der Waals surface area contributed by atoms with Crippen LogP contribution >= 0.6 is 0 Å². The van der Waals surface area contributed by atoms with Crippen molar-refractivity contribution in [3.05, 3.63) is 16.3 Å². The summed E-state index contributed by atoms with van der Waals surface area (Å²) in [7, 11) is 1.63. The Labute approximate surface area is 147 Å². The van der Waals surface area contributed by atoms with Gasteiger partial charge in [-0.15, -0.1) is 0 Å². The summed E-state index contributed by atoms with van der Waals surface area (Å²) in [5.41, 5.74) is -0.0167. The predicted octanol–water partition coefficient (Wildman–Crippen LogP) is 1.53. The molecule has 0 aromatic carbocycles. The van der Waals surface area contributed by atoms with E-state index in [-0.39, 0.29) is 17.5 Å². The average Bonchev–Trinajstić information content (AvgIpc) is 3.35. The van der Waals surface area contributed by atoms with Gasteiger partial charge in [0.2, 0.25) is 5.91 Å². The molecule has 1 amide bonds. The van der Waals surface area contributed by atoms with E-state index in [1.54, 1.807) is 11.8 Å². The molecule has 2 aliphatic carbocycles. The first-order chi connectivity index (χ1) is 12.2. The Morgan fingerprint density at radius 3 is 2.64 bits per heavy atom. The van der Waals surface area contributed by atoms with Crippen LogP contribution in [0, 0.1) is 5.92 Å². The van der Waals surface area contributed by atoms with Crippen molar-refractivity contribution in [2.75, 3.05) is 26.8 Å². The molecule has 2 saturated carbocycles. The molecule has 25 heavy (non-hydrogen) atoms. The van der Waals surface area contributed by atoms with Crippen LogP contribution in [0.25, 0.3) is 0 Å². The molecule has 7 heteroatoms. The highest BCUT2D eigenvalue weighted by Gasteiger charge is 2.37. The highest BCUT2D eigenvalue weighted by atomic mass is 16.5. The van der Waals surface area contributed by atoms with E-state index in [4.69, 9.17) is 4.74 Å². The van der Waals surface area contributed by atoms with Gasteiger partial charge in [0.1, 0.15) is 5.82 Å². The van der Waals surface area contributed by atoms with Gasteiger partial charge in [0, 0.05) is 38.1 Å². The summed E-state index contributed by atoms with van der Waals surface area (Å²) in [6, 6.07) is 0.302. The number of hydrogen-bond donors (Lipinski definition) is 0. The standard InChI is InChI=1S/C18H28N4O3/c1-25-11-10-21-18(24)22(15-7-8-15)16(19-21)14-6-3-9-20(12-14)17(23)13-4-2-5-13/h13-15H,2-12H2,1H3. The number of likely N-dealkylation sites (tertiary alicyclic amines) is 1. The van der Waals surface area contributed by atoms with E-state index in [9.17, 15) is 9.59 Å². The van der Waals surface area contributed by atoms with Gasteiger partial charge in [-0.05, 0) is 38.5 Å². The van der Waals surface area contributed by atoms with Crippen molar-refractivity contribution < 1.29 is 9.53 Å². The minimum Gasteiger partial charge on any atom is -0.383 e. The molecule has 2 heterocycles. The van der Waals surface area contributed by atoms with Crippen LogP contribution in [0.2, 0.25) is 0 Å². The molecule has 3 fully saturated rings. The number of piperidine rings is 1. The van der Waals surface area contributed by atoms with E-state index in [0.717, 1.165) is 50.9 Å². The SMILES string of the molecule is COCCn1nc(C2CCCN(C(=O)C3CCC3)C2)n(C2CC2)c1=O. The maximum atomic E-state index is 12.7. The van der Waals surface area contributed by atoms with Gasteiger partial charge in [-0.1, -0.05) is 6.42 Å². The largest absolute Gasteiger partial charge is 0.383 e. The lowest BCUT2D eigenvalue weighted by Crippen LogP contribution is -2.44. The molecule has 0 spiro atoms. The van der Waals surface area contributed by atoms with Crippen LogP contribution in [0.3, 0.4) is 0 Å². The third-order valence-corrected chi connectivity index (χ3v) is 5.87. The van der Waals surface area contributed by atoms with Crippen LogP contribution in [-0.2, 0) is 16.1 Å². The van der Waals surface area contributed by atoms with Gasteiger partial charge in [-0.2, -0.15) is 5.10 Å². The lowest BCUT2D eigenvalue weighted by molar-refractivity contribution is -0.139. The van der Waals surface area contributed by atoms with Crippen LogP contribution in [0.15, 0.2) is 4.79 Å². The van der Waals surface area contributed by atoms with Crippen LogP contribution in [0.4, 0.5) is 0 Å². The maximum Gasteiger partial charge on any atom is 0.346 e. The van der Waals surface area contributed by atoms with Crippen LogP contribution < -0.4 is 5.69 Å². The van der Waals surface area contributed by atoms with Crippen molar-refractivity contribution in [3.63, 3.8) is 0 Å². The van der Waals surface area contributed by atoms with E-state index in [0.29, 0.717) is 31.6 Å². The fraction of sp³-hybridized carbons (Fsp3) is 0.833. The van der Waals surface area contributed by atoms with Crippen LogP contribution in [0.1, 0.15) is 62.7 Å². The van der Waals surface area contributed by atoms with Crippen molar-refractivity contribution in [2.24, 2.45) is 5.92 Å². The third kappa shape index (κ3) is 3.26. The second-order valence-electron chi connectivity index (χ2n) is 7.71. The number of ether oxygens (including phenoxy) is 1. The van der Waals surface area contributed by atoms with Gasteiger partial charge in [-0.3, -0.25) is 9.36 Å². The molecule has 1 saturated heterocycles. The number of hydrogen-bond acceptors (Lipinski definition) is 4. The minimum atomic E-state index is -0.0167. The number of nitrogens with zero attached hydrogens (tertiary/aromatic N) is 4. The molecule has 0 N–H and O–H groups in total. The molecule has 1 aromatic rings. The average molecular weight is 348 g/mol. The van der Waals surface area contributed by atoms with Crippen molar-refractivity contribution in [1.82, 2.24) is 19.2 Å². The highest BCUT2D eigenvalue weighted by Crippen LogP contribution is 2.38. The molecule has 1 unspecified atom stereocenters. The van der Waals surface area contributed by atoms with Crippen molar-refractivity contribution in [1.29, 1.82) is 0 Å². The Bertz CT molecular complexity index is 687. The maximum absolute atomic E-state index is 12.7. The minimum absolute atomic E-state index is 0.0167. The first-order valence-electron chi connectivity index (χ1n) is 9.66. The monoisotopic (exact) mass is 348 g/mol. The van der Waals surface area contributed by atoms with Crippen LogP contribution in [0.5, 0.6) is 0 Å². The lowest BCUT2D eigenvalue weighted by Gasteiger charge is -2.37. The van der Waals surface area contributed by atoms with Gasteiger partial charge in [-0.25, -0.2) is 9.48 Å². The number of rotatable bonds is 6. The third-order valence-electron chi connectivity index (χ3n) is 5.87. The molecule has 138 valence electrons. The normalized spacial score (nSPS) is 24.4. The van der Waals surface area contributed by atoms with Gasteiger partial charge < -0.3 is 9.64 Å². The predicted molar refractivity (Wildman–Crippen MR) is 92.5 cm³/mol. The molecular weight excluding hydrogens is 320 g/mol. The number of aromatic nitrogens is 3. The fourth-order valence-corrected chi connectivity index (χ4v) is 4.02. The molecule has 0 radical (unpaired) electrons. The number of methoxy groups -OCH3 is 1. The van der Waals surface area contributed by atoms with E-state index in [1.807, 2.05) is 9.47 Å². The molecule has 1 aliphatic heterocycles. The molecule has 1 atom stereocenters. The summed E-state index contributed by atoms with van der Waals surface area (Å²) >= 11 is 0. The van der Waals surface area contributed by atoms with Gasteiger partial charge >= 0.3 is 5.69 Å². The van der Waals surface area contributed by atoms with Gasteiger partial charge in [0.05, 0.1) is 13.2 Å². The quantitative estimate of drug-likeness (QED) is 0.782. The zero-order valence-corrected chi connectivity index (χ0v) is 15.0. The Morgan fingerprint density at radius 1 is 1.20 bits per heavy atom. The smallest absolute Gasteiger partial charge is 0.346 e. The summed E-state index contributed by atoms with van der Waals surface area (Å²) in [4.78, 5) is 27.4. The first-order valence-corrected chi connectivity index (χ1v) is 9.66. The Hall–Kier alpha value is -1.63. The Kier molecular flexibility index (Phi) is 4.67. The van der Waals surface area contributed by atoms with E-state index in [1.165, 1.54) is 6.42 Å². The Morgan fingerprint density at radius 2 is 2.00 bits per heavy atom. The first kappa shape index (κ1) is 16.8. The molecule has 1 aromatic heterocycles. The number of carbonyl (C=O) groups is 1. The second-order valence-corrected chi connectivity index (χ2v) is 7.71. The molecule has 7 nitrogen and oxygen atoms in total. The van der Waals surface area contributed by atoms with Crippen molar-refractivity contribution >= 4 is 5.91 Å². The second kappa shape index (κ2) is 6.94. The number of carbonyl (C=O) groups excluding carboxylic acids is 1.